The van der Waals surface area contributed by atoms with Crippen molar-refractivity contribution >= 4 is 43.6 Å². The zero-order valence-electron chi connectivity index (χ0n) is 26.8. The highest BCUT2D eigenvalue weighted by Crippen LogP contribution is 2.56. The summed E-state index contributed by atoms with van der Waals surface area (Å²) >= 11 is 0. The topological polar surface area (TPSA) is 30.7 Å². The Labute approximate surface area is 278 Å². The monoisotopic (exact) mass is 613 g/mol. The molecule has 1 aliphatic carbocycles. The summed E-state index contributed by atoms with van der Waals surface area (Å²) in [5, 5.41) is 5.20. The van der Waals surface area contributed by atoms with Gasteiger partial charge in [0, 0.05) is 33.0 Å². The van der Waals surface area contributed by atoms with Crippen molar-refractivity contribution in [3.05, 3.63) is 163 Å². The zero-order valence-corrected chi connectivity index (χ0v) is 26.8. The third-order valence-electron chi connectivity index (χ3n) is 10.3. The summed E-state index contributed by atoms with van der Waals surface area (Å²) in [4.78, 5) is 10.3. The highest BCUT2D eigenvalue weighted by atomic mass is 15.0. The summed E-state index contributed by atoms with van der Waals surface area (Å²) in [7, 11) is 0. The molecule has 0 spiro atoms. The molecule has 3 heteroatoms. The Morgan fingerprint density at radius 2 is 1.06 bits per heavy atom. The van der Waals surface area contributed by atoms with Gasteiger partial charge in [-0.2, -0.15) is 0 Å². The van der Waals surface area contributed by atoms with Crippen molar-refractivity contribution in [2.24, 2.45) is 0 Å². The first kappa shape index (κ1) is 27.1. The van der Waals surface area contributed by atoms with Crippen molar-refractivity contribution in [2.45, 2.75) is 19.3 Å². The molecule has 0 atom stereocenters. The van der Waals surface area contributed by atoms with Crippen LogP contribution in [-0.4, -0.2) is 14.5 Å². The lowest BCUT2D eigenvalue weighted by Gasteiger charge is -2.24. The van der Waals surface area contributed by atoms with Gasteiger partial charge in [-0.1, -0.05) is 135 Å². The smallest absolute Gasteiger partial charge is 0.0973 e. The first-order chi connectivity index (χ1) is 23.6. The van der Waals surface area contributed by atoms with E-state index in [1.54, 1.807) is 0 Å². The fourth-order valence-electron chi connectivity index (χ4n) is 8.23. The molecule has 0 fully saturated rings. The predicted molar refractivity (Wildman–Crippen MR) is 200 cm³/mol. The van der Waals surface area contributed by atoms with Crippen molar-refractivity contribution in [2.75, 3.05) is 0 Å². The van der Waals surface area contributed by atoms with E-state index in [0.29, 0.717) is 0 Å². The molecule has 0 radical (unpaired) electrons. The van der Waals surface area contributed by atoms with Crippen LogP contribution in [0, 0.1) is 0 Å². The molecule has 3 nitrogen and oxygen atoms in total. The molecule has 0 N–H and O–H groups in total. The van der Waals surface area contributed by atoms with Crippen molar-refractivity contribution in [1.82, 2.24) is 14.5 Å². The lowest BCUT2D eigenvalue weighted by Crippen LogP contribution is -2.16. The Hall–Kier alpha value is -6.06. The maximum absolute atomic E-state index is 5.17. The summed E-state index contributed by atoms with van der Waals surface area (Å²) in [5.74, 6) is 0. The van der Waals surface area contributed by atoms with Gasteiger partial charge in [0.25, 0.3) is 0 Å². The lowest BCUT2D eigenvalue weighted by atomic mass is 9.80. The van der Waals surface area contributed by atoms with Gasteiger partial charge in [-0.25, -0.2) is 9.97 Å². The molecule has 0 amide bonds. The second-order valence-electron chi connectivity index (χ2n) is 13.4. The van der Waals surface area contributed by atoms with Crippen molar-refractivity contribution in [1.29, 1.82) is 0 Å². The van der Waals surface area contributed by atoms with E-state index in [1.807, 2.05) is 30.3 Å². The molecule has 1 aliphatic rings. The largest absolute Gasteiger partial charge is 0.309 e. The van der Waals surface area contributed by atoms with E-state index < -0.39 is 0 Å². The van der Waals surface area contributed by atoms with Crippen LogP contribution in [0.25, 0.3) is 82.9 Å². The van der Waals surface area contributed by atoms with Crippen LogP contribution >= 0.6 is 0 Å². The van der Waals surface area contributed by atoms with Gasteiger partial charge in [-0.3, -0.25) is 0 Å². The van der Waals surface area contributed by atoms with Gasteiger partial charge >= 0.3 is 0 Å². The summed E-state index contributed by atoms with van der Waals surface area (Å²) in [6.07, 6.45) is 0. The Kier molecular flexibility index (Phi) is 5.63. The number of para-hydroxylation sites is 3. The Bertz CT molecular complexity index is 2730. The molecular formula is C45H31N3. The predicted octanol–water partition coefficient (Wildman–Crippen LogP) is 11.5. The highest BCUT2D eigenvalue weighted by molar-refractivity contribution is 6.27. The van der Waals surface area contributed by atoms with Crippen molar-refractivity contribution < 1.29 is 0 Å². The maximum Gasteiger partial charge on any atom is 0.0973 e. The van der Waals surface area contributed by atoms with Gasteiger partial charge in [-0.05, 0) is 63.4 Å². The summed E-state index contributed by atoms with van der Waals surface area (Å²) in [6.45, 7) is 4.78. The molecule has 2 aromatic heterocycles. The number of hydrogen-bond acceptors (Lipinski definition) is 2. The number of benzene rings is 7. The van der Waals surface area contributed by atoms with Gasteiger partial charge in [0.15, 0.2) is 0 Å². The Morgan fingerprint density at radius 3 is 1.79 bits per heavy atom. The molecular weight excluding hydrogens is 583 g/mol. The minimum atomic E-state index is -0.175. The zero-order chi connectivity index (χ0) is 32.0. The van der Waals surface area contributed by atoms with Gasteiger partial charge < -0.3 is 4.57 Å². The van der Waals surface area contributed by atoms with Crippen LogP contribution in [-0.2, 0) is 5.41 Å². The van der Waals surface area contributed by atoms with E-state index >= 15 is 0 Å². The second-order valence-corrected chi connectivity index (χ2v) is 13.4. The quantitative estimate of drug-likeness (QED) is 0.198. The average molecular weight is 614 g/mol. The minimum absolute atomic E-state index is 0.175. The van der Waals surface area contributed by atoms with Gasteiger partial charge in [0.2, 0.25) is 0 Å². The first-order valence-corrected chi connectivity index (χ1v) is 16.6. The number of hydrogen-bond donors (Lipinski definition) is 0. The molecule has 0 bridgehead atoms. The SMILES string of the molecule is CC1(C)c2ccccc2-c2c1c1c(c3ccccc23)c2ccccc2n1-c1ccc(-c2nc3ccccc3nc2-c2ccccc2)cc1. The first-order valence-electron chi connectivity index (χ1n) is 16.6. The molecule has 0 saturated carbocycles. The fraction of sp³-hybridized carbons (Fsp3) is 0.0667. The lowest BCUT2D eigenvalue weighted by molar-refractivity contribution is 0.664. The molecule has 226 valence electrons. The average Bonchev–Trinajstić information content (AvgIpc) is 3.61. The molecule has 0 saturated heterocycles. The van der Waals surface area contributed by atoms with Gasteiger partial charge in [-0.15, -0.1) is 0 Å². The molecule has 10 rings (SSSR count). The van der Waals surface area contributed by atoms with Crippen LogP contribution in [0.1, 0.15) is 25.0 Å². The van der Waals surface area contributed by atoms with E-state index in [4.69, 9.17) is 9.97 Å². The van der Waals surface area contributed by atoms with Crippen LogP contribution in [0.4, 0.5) is 0 Å². The Balaban J connectivity index is 1.26. The summed E-state index contributed by atoms with van der Waals surface area (Å²) in [5.41, 5.74) is 14.6. The molecule has 2 heterocycles. The van der Waals surface area contributed by atoms with Crippen LogP contribution in [0.15, 0.2) is 152 Å². The van der Waals surface area contributed by atoms with E-state index in [1.165, 1.54) is 54.8 Å². The molecule has 0 aliphatic heterocycles. The van der Waals surface area contributed by atoms with Crippen molar-refractivity contribution in [3.8, 4) is 39.3 Å². The molecule has 7 aromatic carbocycles. The molecule has 48 heavy (non-hydrogen) atoms. The van der Waals surface area contributed by atoms with Crippen LogP contribution in [0.2, 0.25) is 0 Å². The van der Waals surface area contributed by atoms with Gasteiger partial charge in [0.1, 0.15) is 0 Å². The van der Waals surface area contributed by atoms with Crippen LogP contribution in [0.3, 0.4) is 0 Å². The van der Waals surface area contributed by atoms with E-state index in [0.717, 1.165) is 39.2 Å². The molecule has 0 unspecified atom stereocenters. The number of rotatable bonds is 3. The normalized spacial score (nSPS) is 13.4. The minimum Gasteiger partial charge on any atom is -0.309 e. The van der Waals surface area contributed by atoms with Crippen molar-refractivity contribution in [3.63, 3.8) is 0 Å². The molecule has 9 aromatic rings. The third-order valence-corrected chi connectivity index (χ3v) is 10.3. The van der Waals surface area contributed by atoms with E-state index in [2.05, 4.69) is 140 Å². The maximum atomic E-state index is 5.17. The summed E-state index contributed by atoms with van der Waals surface area (Å²) < 4.78 is 2.50. The number of fused-ring (bicyclic) bond motifs is 11. The Morgan fingerprint density at radius 1 is 0.500 bits per heavy atom. The van der Waals surface area contributed by atoms with Crippen LogP contribution in [0.5, 0.6) is 0 Å². The standard InChI is InChI=1S/C45H31N3/c1-45(2)35-20-10-8-18-33(35)39-31-16-6-7-17-32(31)40-34-19-9-13-23-38(34)48(44(40)41(39)45)30-26-24-29(25-27-30)43-42(28-14-4-3-5-15-28)46-36-21-11-12-22-37(36)47-43/h3-27H,1-2H3. The highest BCUT2D eigenvalue weighted by Gasteiger charge is 2.40. The van der Waals surface area contributed by atoms with Crippen LogP contribution < -0.4 is 0 Å². The number of aromatic nitrogens is 3. The number of nitrogens with zero attached hydrogens (tertiary/aromatic N) is 3. The van der Waals surface area contributed by atoms with E-state index in [-0.39, 0.29) is 5.41 Å². The third kappa shape index (κ3) is 3.70. The fourth-order valence-corrected chi connectivity index (χ4v) is 8.23. The second kappa shape index (κ2) is 9.97. The van der Waals surface area contributed by atoms with Gasteiger partial charge in [0.05, 0.1) is 33.5 Å². The van der Waals surface area contributed by atoms with E-state index in [9.17, 15) is 0 Å². The summed E-state index contributed by atoms with van der Waals surface area (Å²) in [6, 6.07) is 54.2.